The van der Waals surface area contributed by atoms with Crippen LogP contribution < -0.4 is 9.47 Å². The lowest BCUT2D eigenvalue weighted by Gasteiger charge is -2.23. The summed E-state index contributed by atoms with van der Waals surface area (Å²) >= 11 is 0. The van der Waals surface area contributed by atoms with Crippen molar-refractivity contribution >= 4 is 5.91 Å². The number of nitrogens with zero attached hydrogens (tertiary/aromatic N) is 2. The number of benzene rings is 2. The molecule has 0 saturated heterocycles. The number of pyridine rings is 1. The number of carbonyl (C=O) groups is 1. The Balaban J connectivity index is 1.54. The predicted molar refractivity (Wildman–Crippen MR) is 111 cm³/mol. The van der Waals surface area contributed by atoms with Crippen LogP contribution in [0.25, 0.3) is 0 Å². The summed E-state index contributed by atoms with van der Waals surface area (Å²) in [6.07, 6.45) is 3.43. The number of carbonyl (C=O) groups excluding carboxylic acids is 1. The van der Waals surface area contributed by atoms with Crippen molar-refractivity contribution in [3.8, 4) is 11.5 Å². The normalized spacial score (nSPS) is 12.0. The number of fused-ring (bicyclic) bond motifs is 1. The molecule has 0 unspecified atom stereocenters. The van der Waals surface area contributed by atoms with E-state index >= 15 is 0 Å². The van der Waals surface area contributed by atoms with Gasteiger partial charge in [0.15, 0.2) is 11.5 Å². The molecule has 2 heterocycles. The minimum absolute atomic E-state index is 0.0150. The molecule has 2 aromatic carbocycles. The van der Waals surface area contributed by atoms with Gasteiger partial charge in [-0.1, -0.05) is 31.2 Å². The van der Waals surface area contributed by atoms with E-state index < -0.39 is 0 Å². The number of aryl methyl sites for hydroxylation is 1. The van der Waals surface area contributed by atoms with Crippen molar-refractivity contribution in [1.82, 2.24) is 9.88 Å². The standard InChI is InChI=1S/C24H24N2O3/c1-2-18-6-9-20(10-7-18)24(27)26(14-12-21-5-3-4-13-25-21)16-19-8-11-22-23(15-19)29-17-28-22/h3-11,13,15H,2,12,14,16-17H2,1H3. The maximum atomic E-state index is 13.3. The molecule has 0 aliphatic carbocycles. The Labute approximate surface area is 170 Å². The van der Waals surface area contributed by atoms with Crippen molar-refractivity contribution in [1.29, 1.82) is 0 Å². The third-order valence-electron chi connectivity index (χ3n) is 5.07. The molecule has 0 fully saturated rings. The molecule has 0 saturated carbocycles. The van der Waals surface area contributed by atoms with E-state index in [-0.39, 0.29) is 12.7 Å². The molecule has 4 rings (SSSR count). The summed E-state index contributed by atoms with van der Waals surface area (Å²) in [7, 11) is 0. The van der Waals surface area contributed by atoms with E-state index in [0.29, 0.717) is 25.1 Å². The minimum Gasteiger partial charge on any atom is -0.454 e. The van der Waals surface area contributed by atoms with Crippen molar-refractivity contribution in [3.05, 3.63) is 89.2 Å². The molecule has 1 amide bonds. The summed E-state index contributed by atoms with van der Waals surface area (Å²) < 4.78 is 10.9. The average molecular weight is 388 g/mol. The van der Waals surface area contributed by atoms with Gasteiger partial charge < -0.3 is 14.4 Å². The Morgan fingerprint density at radius 2 is 1.79 bits per heavy atom. The van der Waals surface area contributed by atoms with Crippen LogP contribution in [0.3, 0.4) is 0 Å². The number of ether oxygens (including phenoxy) is 2. The molecule has 0 bridgehead atoms. The molecule has 148 valence electrons. The predicted octanol–water partition coefficient (Wildman–Crippen LogP) is 4.26. The fraction of sp³-hybridized carbons (Fsp3) is 0.250. The summed E-state index contributed by atoms with van der Waals surface area (Å²) in [5.74, 6) is 1.49. The molecule has 3 aromatic rings. The van der Waals surface area contributed by atoms with Crippen LogP contribution in [0, 0.1) is 0 Å². The Hall–Kier alpha value is -3.34. The Kier molecular flexibility index (Phi) is 5.75. The van der Waals surface area contributed by atoms with Crippen LogP contribution in [-0.4, -0.2) is 29.1 Å². The van der Waals surface area contributed by atoms with Crippen LogP contribution in [0.1, 0.15) is 34.1 Å². The van der Waals surface area contributed by atoms with E-state index in [2.05, 4.69) is 11.9 Å². The van der Waals surface area contributed by atoms with E-state index in [4.69, 9.17) is 9.47 Å². The second-order valence-corrected chi connectivity index (χ2v) is 7.04. The van der Waals surface area contributed by atoms with Gasteiger partial charge in [-0.25, -0.2) is 0 Å². The highest BCUT2D eigenvalue weighted by atomic mass is 16.7. The van der Waals surface area contributed by atoms with Crippen molar-refractivity contribution in [2.24, 2.45) is 0 Å². The fourth-order valence-electron chi connectivity index (χ4n) is 3.37. The van der Waals surface area contributed by atoms with Crippen LogP contribution in [-0.2, 0) is 19.4 Å². The molecule has 1 aliphatic heterocycles. The molecule has 5 heteroatoms. The van der Waals surface area contributed by atoms with Crippen molar-refractivity contribution in [2.45, 2.75) is 26.3 Å². The first-order valence-corrected chi connectivity index (χ1v) is 9.89. The van der Waals surface area contributed by atoms with E-state index in [1.54, 1.807) is 6.20 Å². The highest BCUT2D eigenvalue weighted by Crippen LogP contribution is 2.33. The van der Waals surface area contributed by atoms with Crippen LogP contribution in [0.5, 0.6) is 11.5 Å². The molecule has 0 radical (unpaired) electrons. The summed E-state index contributed by atoms with van der Waals surface area (Å²) in [4.78, 5) is 19.5. The molecule has 29 heavy (non-hydrogen) atoms. The summed E-state index contributed by atoms with van der Waals surface area (Å²) in [6.45, 7) is 3.43. The zero-order valence-corrected chi connectivity index (χ0v) is 16.5. The molecule has 5 nitrogen and oxygen atoms in total. The first kappa shape index (κ1) is 19.0. The number of hydrogen-bond donors (Lipinski definition) is 0. The van der Waals surface area contributed by atoms with Crippen LogP contribution in [0.15, 0.2) is 66.9 Å². The second kappa shape index (κ2) is 8.78. The van der Waals surface area contributed by atoms with Crippen LogP contribution in [0.4, 0.5) is 0 Å². The summed E-state index contributed by atoms with van der Waals surface area (Å²) in [6, 6.07) is 19.5. The molecular weight excluding hydrogens is 364 g/mol. The van der Waals surface area contributed by atoms with Crippen LogP contribution in [0.2, 0.25) is 0 Å². The van der Waals surface area contributed by atoms with Gasteiger partial charge in [0.1, 0.15) is 0 Å². The van der Waals surface area contributed by atoms with Crippen molar-refractivity contribution in [3.63, 3.8) is 0 Å². The number of aromatic nitrogens is 1. The van der Waals surface area contributed by atoms with Gasteiger partial charge in [0, 0.05) is 37.0 Å². The highest BCUT2D eigenvalue weighted by Gasteiger charge is 2.19. The molecule has 0 spiro atoms. The maximum absolute atomic E-state index is 13.3. The Morgan fingerprint density at radius 3 is 2.55 bits per heavy atom. The van der Waals surface area contributed by atoms with Gasteiger partial charge in [0.2, 0.25) is 6.79 Å². The molecule has 1 aliphatic rings. The fourth-order valence-corrected chi connectivity index (χ4v) is 3.37. The monoisotopic (exact) mass is 388 g/mol. The smallest absolute Gasteiger partial charge is 0.254 e. The molecule has 1 aromatic heterocycles. The SMILES string of the molecule is CCc1ccc(C(=O)N(CCc2ccccn2)Cc2ccc3c(c2)OCO3)cc1. The van der Waals surface area contributed by atoms with E-state index in [0.717, 1.165) is 29.2 Å². The summed E-state index contributed by atoms with van der Waals surface area (Å²) in [5.41, 5.74) is 3.90. The van der Waals surface area contributed by atoms with Crippen molar-refractivity contribution < 1.29 is 14.3 Å². The zero-order valence-electron chi connectivity index (χ0n) is 16.5. The quantitative estimate of drug-likeness (QED) is 0.607. The van der Waals surface area contributed by atoms with Gasteiger partial charge in [-0.2, -0.15) is 0 Å². The van der Waals surface area contributed by atoms with Gasteiger partial charge in [0.05, 0.1) is 0 Å². The molecular formula is C24H24N2O3. The first-order valence-electron chi connectivity index (χ1n) is 9.89. The van der Waals surface area contributed by atoms with Gasteiger partial charge in [-0.05, 0) is 53.9 Å². The average Bonchev–Trinajstić information content (AvgIpc) is 3.25. The second-order valence-electron chi connectivity index (χ2n) is 7.04. The maximum Gasteiger partial charge on any atom is 0.254 e. The molecule has 0 atom stereocenters. The lowest BCUT2D eigenvalue weighted by Crippen LogP contribution is -2.32. The zero-order chi connectivity index (χ0) is 20.1. The number of rotatable bonds is 7. The largest absolute Gasteiger partial charge is 0.454 e. The minimum atomic E-state index is 0.0150. The number of hydrogen-bond acceptors (Lipinski definition) is 4. The third-order valence-corrected chi connectivity index (χ3v) is 5.07. The highest BCUT2D eigenvalue weighted by molar-refractivity contribution is 5.94. The lowest BCUT2D eigenvalue weighted by atomic mass is 10.1. The van der Waals surface area contributed by atoms with E-state index in [1.165, 1.54) is 5.56 Å². The van der Waals surface area contributed by atoms with E-state index in [1.807, 2.05) is 65.6 Å². The first-order chi connectivity index (χ1) is 14.2. The Morgan fingerprint density at radius 1 is 1.00 bits per heavy atom. The number of amides is 1. The van der Waals surface area contributed by atoms with Crippen LogP contribution >= 0.6 is 0 Å². The lowest BCUT2D eigenvalue weighted by molar-refractivity contribution is 0.0744. The Bertz CT molecular complexity index is 971. The van der Waals surface area contributed by atoms with E-state index in [9.17, 15) is 4.79 Å². The topological polar surface area (TPSA) is 51.7 Å². The van der Waals surface area contributed by atoms with Gasteiger partial charge in [-0.15, -0.1) is 0 Å². The third kappa shape index (κ3) is 4.57. The molecule has 0 N–H and O–H groups in total. The van der Waals surface area contributed by atoms with Crippen molar-refractivity contribution in [2.75, 3.05) is 13.3 Å². The van der Waals surface area contributed by atoms with Gasteiger partial charge in [-0.3, -0.25) is 9.78 Å². The summed E-state index contributed by atoms with van der Waals surface area (Å²) in [5, 5.41) is 0. The van der Waals surface area contributed by atoms with Gasteiger partial charge >= 0.3 is 0 Å². The van der Waals surface area contributed by atoms with Gasteiger partial charge in [0.25, 0.3) is 5.91 Å².